The van der Waals surface area contributed by atoms with Crippen LogP contribution in [-0.4, -0.2) is 43.2 Å². The van der Waals surface area contributed by atoms with Crippen LogP contribution in [0.4, 0.5) is 0 Å². The minimum Gasteiger partial charge on any atom is -0.396 e. The number of hydrogen-bond acceptors (Lipinski definition) is 3. The fourth-order valence-corrected chi connectivity index (χ4v) is 3.06. The molecule has 0 aromatic heterocycles. The Morgan fingerprint density at radius 2 is 1.93 bits per heavy atom. The number of nitrogens with one attached hydrogen (secondary N) is 3. The Bertz CT molecular complexity index is 608. The summed E-state index contributed by atoms with van der Waals surface area (Å²) in [6.07, 6.45) is 2.78. The number of aliphatic hydroxyl groups excluding tert-OH is 1. The highest BCUT2D eigenvalue weighted by Crippen LogP contribution is 2.14. The van der Waals surface area contributed by atoms with Crippen LogP contribution >= 0.6 is 24.0 Å². The number of hydrogen-bond donors (Lipinski definition) is 4. The second-order valence-corrected chi connectivity index (χ2v) is 7.54. The molecule has 0 fully saturated rings. The van der Waals surface area contributed by atoms with E-state index in [0.717, 1.165) is 43.9 Å². The zero-order valence-corrected chi connectivity index (χ0v) is 20.7. The third-order valence-corrected chi connectivity index (χ3v) is 4.39. The Hall–Kier alpha value is -1.35. The van der Waals surface area contributed by atoms with Crippen LogP contribution in [0.5, 0.6) is 0 Å². The summed E-state index contributed by atoms with van der Waals surface area (Å²) in [7, 11) is 0. The molecule has 1 aromatic rings. The smallest absolute Gasteiger partial charge is 0.251 e. The second-order valence-electron chi connectivity index (χ2n) is 7.54. The van der Waals surface area contributed by atoms with Crippen molar-refractivity contribution in [3.63, 3.8) is 0 Å². The molecule has 1 amide bonds. The molecule has 1 atom stereocenters. The first kappa shape index (κ1) is 27.6. The highest BCUT2D eigenvalue weighted by molar-refractivity contribution is 14.0. The molecule has 0 radical (unpaired) electrons. The number of aliphatic hydroxyl groups is 1. The lowest BCUT2D eigenvalue weighted by Crippen LogP contribution is -2.40. The van der Waals surface area contributed by atoms with Gasteiger partial charge < -0.3 is 21.1 Å². The van der Waals surface area contributed by atoms with Gasteiger partial charge in [-0.15, -0.1) is 24.0 Å². The Labute approximate surface area is 193 Å². The first-order valence-corrected chi connectivity index (χ1v) is 10.5. The van der Waals surface area contributed by atoms with Crippen LogP contribution < -0.4 is 16.0 Å². The monoisotopic (exact) mass is 518 g/mol. The van der Waals surface area contributed by atoms with Crippen molar-refractivity contribution in [1.29, 1.82) is 0 Å². The summed E-state index contributed by atoms with van der Waals surface area (Å²) in [6.45, 7) is 11.4. The van der Waals surface area contributed by atoms with Crippen molar-refractivity contribution in [3.8, 4) is 0 Å². The zero-order valence-electron chi connectivity index (χ0n) is 18.3. The predicted octanol–water partition coefficient (Wildman–Crippen LogP) is 3.54. The van der Waals surface area contributed by atoms with Gasteiger partial charge in [-0.25, -0.2) is 4.99 Å². The first-order valence-electron chi connectivity index (χ1n) is 10.5. The fourth-order valence-electron chi connectivity index (χ4n) is 3.06. The molecule has 0 bridgehead atoms. The molecule has 1 aromatic carbocycles. The molecule has 0 heterocycles. The Kier molecular flexibility index (Phi) is 15.7. The summed E-state index contributed by atoms with van der Waals surface area (Å²) in [5.74, 6) is 1.73. The minimum absolute atomic E-state index is 0. The molecule has 0 aliphatic rings. The van der Waals surface area contributed by atoms with Crippen LogP contribution in [0, 0.1) is 11.8 Å². The van der Waals surface area contributed by atoms with Crippen LogP contribution in [0.3, 0.4) is 0 Å². The van der Waals surface area contributed by atoms with Gasteiger partial charge in [0.1, 0.15) is 0 Å². The zero-order chi connectivity index (χ0) is 20.8. The maximum absolute atomic E-state index is 12.1. The molecule has 29 heavy (non-hydrogen) atoms. The summed E-state index contributed by atoms with van der Waals surface area (Å²) in [5, 5.41) is 18.9. The van der Waals surface area contributed by atoms with Crippen LogP contribution in [0.1, 0.15) is 62.9 Å². The topological polar surface area (TPSA) is 85.8 Å². The van der Waals surface area contributed by atoms with Gasteiger partial charge in [-0.2, -0.15) is 0 Å². The molecule has 0 aliphatic carbocycles. The number of benzene rings is 1. The van der Waals surface area contributed by atoms with Gasteiger partial charge in [0.15, 0.2) is 5.96 Å². The average Bonchev–Trinajstić information content (AvgIpc) is 2.68. The fraction of sp³-hybridized carbons (Fsp3) is 0.636. The molecule has 4 N–H and O–H groups in total. The van der Waals surface area contributed by atoms with Gasteiger partial charge in [-0.3, -0.25) is 4.79 Å². The average molecular weight is 518 g/mol. The third-order valence-electron chi connectivity index (χ3n) is 4.39. The van der Waals surface area contributed by atoms with E-state index < -0.39 is 0 Å². The van der Waals surface area contributed by atoms with Crippen molar-refractivity contribution in [2.45, 2.75) is 53.5 Å². The molecule has 7 heteroatoms. The SMILES string of the molecule is CCCNC(=O)c1cccc(CN=C(NCC)NCC(CCO)CC(C)C)c1.I. The van der Waals surface area contributed by atoms with E-state index in [2.05, 4.69) is 34.8 Å². The first-order chi connectivity index (χ1) is 13.5. The van der Waals surface area contributed by atoms with Crippen LogP contribution in [-0.2, 0) is 6.54 Å². The number of nitrogens with zero attached hydrogens (tertiary/aromatic N) is 1. The molecule has 1 rings (SSSR count). The van der Waals surface area contributed by atoms with Crippen molar-refractivity contribution in [2.75, 3.05) is 26.2 Å². The van der Waals surface area contributed by atoms with Crippen LogP contribution in [0.15, 0.2) is 29.3 Å². The van der Waals surface area contributed by atoms with Crippen molar-refractivity contribution in [1.82, 2.24) is 16.0 Å². The van der Waals surface area contributed by atoms with E-state index in [4.69, 9.17) is 0 Å². The highest BCUT2D eigenvalue weighted by atomic mass is 127. The third kappa shape index (κ3) is 12.1. The standard InChI is InChI=1S/C22H38N4O2.HI/c1-5-11-24-21(28)20-9-7-8-18(14-20)15-25-22(23-6-2)26-16-19(10-12-27)13-17(3)4;/h7-9,14,17,19,27H,5-6,10-13,15-16H2,1-4H3,(H,24,28)(H2,23,25,26);1H. The summed E-state index contributed by atoms with van der Waals surface area (Å²) >= 11 is 0. The van der Waals surface area contributed by atoms with E-state index in [1.807, 2.05) is 38.1 Å². The number of carbonyl (C=O) groups excluding carboxylic acids is 1. The van der Waals surface area contributed by atoms with E-state index in [-0.39, 0.29) is 36.5 Å². The van der Waals surface area contributed by atoms with Crippen molar-refractivity contribution in [2.24, 2.45) is 16.8 Å². The van der Waals surface area contributed by atoms with Gasteiger partial charge in [0, 0.05) is 31.8 Å². The molecule has 0 aliphatic heterocycles. The van der Waals surface area contributed by atoms with Gasteiger partial charge in [0.2, 0.25) is 0 Å². The summed E-state index contributed by atoms with van der Waals surface area (Å²) in [4.78, 5) is 16.8. The molecular weight excluding hydrogens is 479 g/mol. The Balaban J connectivity index is 0.00000784. The van der Waals surface area contributed by atoms with E-state index in [0.29, 0.717) is 30.5 Å². The number of guanidine groups is 1. The van der Waals surface area contributed by atoms with Crippen molar-refractivity contribution >= 4 is 35.8 Å². The minimum atomic E-state index is -0.0433. The van der Waals surface area contributed by atoms with E-state index >= 15 is 0 Å². The summed E-state index contributed by atoms with van der Waals surface area (Å²) < 4.78 is 0. The largest absolute Gasteiger partial charge is 0.396 e. The van der Waals surface area contributed by atoms with Gasteiger partial charge in [-0.05, 0) is 55.7 Å². The molecular formula is C22H39IN4O2. The number of rotatable bonds is 12. The Morgan fingerprint density at radius 3 is 2.55 bits per heavy atom. The number of halogens is 1. The lowest BCUT2D eigenvalue weighted by Gasteiger charge is -2.20. The molecule has 0 saturated carbocycles. The maximum atomic E-state index is 12.1. The van der Waals surface area contributed by atoms with E-state index in [1.54, 1.807) is 0 Å². The number of carbonyl (C=O) groups is 1. The van der Waals surface area contributed by atoms with E-state index in [9.17, 15) is 9.90 Å². The lowest BCUT2D eigenvalue weighted by atomic mass is 9.94. The predicted molar refractivity (Wildman–Crippen MR) is 132 cm³/mol. The van der Waals surface area contributed by atoms with Gasteiger partial charge in [-0.1, -0.05) is 32.9 Å². The van der Waals surface area contributed by atoms with Crippen LogP contribution in [0.2, 0.25) is 0 Å². The van der Waals surface area contributed by atoms with Crippen LogP contribution in [0.25, 0.3) is 0 Å². The normalized spacial score (nSPS) is 12.3. The van der Waals surface area contributed by atoms with Crippen molar-refractivity contribution < 1.29 is 9.90 Å². The van der Waals surface area contributed by atoms with E-state index in [1.165, 1.54) is 0 Å². The summed E-state index contributed by atoms with van der Waals surface area (Å²) in [6, 6.07) is 7.60. The number of aliphatic imine (C=N–C) groups is 1. The molecule has 166 valence electrons. The van der Waals surface area contributed by atoms with Gasteiger partial charge >= 0.3 is 0 Å². The second kappa shape index (κ2) is 16.4. The maximum Gasteiger partial charge on any atom is 0.251 e. The Morgan fingerprint density at radius 1 is 1.17 bits per heavy atom. The molecule has 1 unspecified atom stereocenters. The lowest BCUT2D eigenvalue weighted by molar-refractivity contribution is 0.0953. The summed E-state index contributed by atoms with van der Waals surface area (Å²) in [5.41, 5.74) is 1.66. The van der Waals surface area contributed by atoms with Gasteiger partial charge in [0.25, 0.3) is 5.91 Å². The van der Waals surface area contributed by atoms with Crippen molar-refractivity contribution in [3.05, 3.63) is 35.4 Å². The molecule has 6 nitrogen and oxygen atoms in total. The highest BCUT2D eigenvalue weighted by Gasteiger charge is 2.11. The number of amides is 1. The molecule has 0 saturated heterocycles. The van der Waals surface area contributed by atoms with Gasteiger partial charge in [0.05, 0.1) is 6.54 Å². The quantitative estimate of drug-likeness (QED) is 0.194. The molecule has 0 spiro atoms.